The van der Waals surface area contributed by atoms with Crippen LogP contribution in [-0.4, -0.2) is 96.7 Å². The van der Waals surface area contributed by atoms with Gasteiger partial charge in [0.25, 0.3) is 0 Å². The predicted molar refractivity (Wildman–Crippen MR) is 395 cm³/mol. The lowest BCUT2D eigenvalue weighted by atomic mass is 10.0. The second-order valence-electron chi connectivity index (χ2n) is 29.5. The van der Waals surface area contributed by atoms with Gasteiger partial charge in [0.05, 0.1) is 26.4 Å². The molecule has 0 saturated heterocycles. The molecule has 97 heavy (non-hydrogen) atoms. The highest BCUT2D eigenvalue weighted by molar-refractivity contribution is 7.47. The standard InChI is InChI=1S/C78H152O17P2/c1-8-9-10-11-12-13-24-32-39-47-54-61-77(82)95-74(66-89-76(81)60-53-46-41-34-37-44-51-58-71(6)7)68-93-97(86,87)91-64-72(79)63-90-96(84,85)92-67-73(65-88-75(80)59-52-45-38-31-27-23-22-26-30-36-43-50-57-70(4)5)94-78(83)62-55-48-40-33-28-21-19-17-15-14-16-18-20-25-29-35-42-49-56-69(2)3/h69-74,79H,8-68H2,1-7H3,(H,84,85)(H,86,87)/t72-,73-,74-/m1/s1. The highest BCUT2D eigenvalue weighted by Gasteiger charge is 2.30. The molecule has 0 fully saturated rings. The van der Waals surface area contributed by atoms with Crippen LogP contribution in [-0.2, 0) is 65.4 Å². The molecule has 0 aromatic rings. The molecule has 576 valence electrons. The maximum atomic E-state index is 13.1. The van der Waals surface area contributed by atoms with Crippen LogP contribution in [0.5, 0.6) is 0 Å². The van der Waals surface area contributed by atoms with Gasteiger partial charge in [0, 0.05) is 25.7 Å². The van der Waals surface area contributed by atoms with E-state index in [2.05, 4.69) is 48.5 Å². The van der Waals surface area contributed by atoms with Crippen molar-refractivity contribution in [1.82, 2.24) is 0 Å². The third-order valence-corrected chi connectivity index (χ3v) is 20.0. The van der Waals surface area contributed by atoms with Gasteiger partial charge in [0.15, 0.2) is 12.2 Å². The minimum atomic E-state index is -4.96. The van der Waals surface area contributed by atoms with Crippen molar-refractivity contribution in [3.63, 3.8) is 0 Å². The third kappa shape index (κ3) is 72.2. The Kier molecular flexibility index (Phi) is 67.1. The van der Waals surface area contributed by atoms with Crippen molar-refractivity contribution in [3.05, 3.63) is 0 Å². The van der Waals surface area contributed by atoms with Crippen LogP contribution in [0.25, 0.3) is 0 Å². The number of aliphatic hydroxyl groups is 1. The maximum Gasteiger partial charge on any atom is 0.472 e. The fourth-order valence-corrected chi connectivity index (χ4v) is 13.5. The monoisotopic (exact) mass is 1420 g/mol. The second-order valence-corrected chi connectivity index (χ2v) is 32.4. The van der Waals surface area contributed by atoms with Crippen LogP contribution in [0.4, 0.5) is 0 Å². The molecule has 0 bridgehead atoms. The van der Waals surface area contributed by atoms with Crippen LogP contribution in [0.1, 0.15) is 402 Å². The SMILES string of the molecule is CCCCCCCCCCCCCC(=O)O[C@H](COC(=O)CCCCCCCCCC(C)C)COP(=O)(O)OC[C@H](O)COP(=O)(O)OC[C@@H](COC(=O)CCCCCCCCCCCCCCC(C)C)OC(=O)CCCCCCCCCCCCCCCCCCCCC(C)C. The van der Waals surface area contributed by atoms with Gasteiger partial charge in [0.2, 0.25) is 0 Å². The Hall–Kier alpha value is -1.94. The number of unbranched alkanes of at least 4 members (excludes halogenated alkanes) is 44. The molecule has 0 aromatic carbocycles. The number of esters is 4. The maximum absolute atomic E-state index is 13.1. The highest BCUT2D eigenvalue weighted by Crippen LogP contribution is 2.45. The Morgan fingerprint density at radius 2 is 0.474 bits per heavy atom. The fourth-order valence-electron chi connectivity index (χ4n) is 12.0. The van der Waals surface area contributed by atoms with Gasteiger partial charge in [-0.2, -0.15) is 0 Å². The van der Waals surface area contributed by atoms with Crippen molar-refractivity contribution in [1.29, 1.82) is 0 Å². The summed E-state index contributed by atoms with van der Waals surface area (Å²) in [6.45, 7) is 11.9. The van der Waals surface area contributed by atoms with E-state index in [1.165, 1.54) is 205 Å². The van der Waals surface area contributed by atoms with Crippen LogP contribution >= 0.6 is 15.6 Å². The molecule has 0 heterocycles. The number of rotatable bonds is 76. The van der Waals surface area contributed by atoms with Crippen LogP contribution in [0.15, 0.2) is 0 Å². The van der Waals surface area contributed by atoms with Gasteiger partial charge in [-0.15, -0.1) is 0 Å². The first kappa shape index (κ1) is 95.1. The van der Waals surface area contributed by atoms with Gasteiger partial charge in [0.1, 0.15) is 19.3 Å². The lowest BCUT2D eigenvalue weighted by molar-refractivity contribution is -0.161. The molecule has 0 spiro atoms. The van der Waals surface area contributed by atoms with Crippen molar-refractivity contribution in [2.45, 2.75) is 420 Å². The molecule has 0 aliphatic rings. The summed E-state index contributed by atoms with van der Waals surface area (Å²) < 4.78 is 68.5. The number of hydrogen-bond acceptors (Lipinski definition) is 15. The molecule has 0 aliphatic heterocycles. The molecule has 0 radical (unpaired) electrons. The highest BCUT2D eigenvalue weighted by atomic mass is 31.2. The fraction of sp³-hybridized carbons (Fsp3) is 0.949. The number of carbonyl (C=O) groups is 4. The molecule has 0 aromatic heterocycles. The van der Waals surface area contributed by atoms with Crippen LogP contribution in [0, 0.1) is 17.8 Å². The molecule has 0 rings (SSSR count). The summed E-state index contributed by atoms with van der Waals surface area (Å²) in [4.78, 5) is 72.8. The van der Waals surface area contributed by atoms with Crippen molar-refractivity contribution in [3.8, 4) is 0 Å². The number of phosphoric acid groups is 2. The van der Waals surface area contributed by atoms with E-state index < -0.39 is 97.5 Å². The number of aliphatic hydroxyl groups excluding tert-OH is 1. The third-order valence-electron chi connectivity index (χ3n) is 18.1. The van der Waals surface area contributed by atoms with Crippen LogP contribution in [0.2, 0.25) is 0 Å². The predicted octanol–water partition coefficient (Wildman–Crippen LogP) is 23.0. The summed E-state index contributed by atoms with van der Waals surface area (Å²) in [5.41, 5.74) is 0. The van der Waals surface area contributed by atoms with Gasteiger partial charge >= 0.3 is 39.5 Å². The molecule has 3 N–H and O–H groups in total. The zero-order chi connectivity index (χ0) is 71.6. The largest absolute Gasteiger partial charge is 0.472 e. The number of hydrogen-bond donors (Lipinski definition) is 3. The first-order valence-electron chi connectivity index (χ1n) is 40.3. The second kappa shape index (κ2) is 68.5. The quantitative estimate of drug-likeness (QED) is 0.0222. The zero-order valence-electron chi connectivity index (χ0n) is 63.5. The Morgan fingerprint density at radius 3 is 0.701 bits per heavy atom. The molecule has 2 unspecified atom stereocenters. The molecule has 5 atom stereocenters. The Bertz CT molecular complexity index is 1890. The van der Waals surface area contributed by atoms with E-state index in [4.69, 9.17) is 37.0 Å². The Morgan fingerprint density at radius 1 is 0.278 bits per heavy atom. The van der Waals surface area contributed by atoms with E-state index in [-0.39, 0.29) is 25.7 Å². The van der Waals surface area contributed by atoms with E-state index in [0.717, 1.165) is 108 Å². The molecule has 19 heteroatoms. The smallest absolute Gasteiger partial charge is 0.462 e. The molecule has 0 saturated carbocycles. The molecule has 17 nitrogen and oxygen atoms in total. The summed E-state index contributed by atoms with van der Waals surface area (Å²) >= 11 is 0. The summed E-state index contributed by atoms with van der Waals surface area (Å²) in [5, 5.41) is 10.6. The zero-order valence-corrected chi connectivity index (χ0v) is 65.3. The van der Waals surface area contributed by atoms with E-state index >= 15 is 0 Å². The van der Waals surface area contributed by atoms with E-state index in [1.807, 2.05) is 0 Å². The van der Waals surface area contributed by atoms with Crippen molar-refractivity contribution >= 4 is 39.5 Å². The van der Waals surface area contributed by atoms with Crippen molar-refractivity contribution in [2.24, 2.45) is 17.8 Å². The van der Waals surface area contributed by atoms with Crippen molar-refractivity contribution in [2.75, 3.05) is 39.6 Å². The summed E-state index contributed by atoms with van der Waals surface area (Å²) in [5.74, 6) is 0.192. The van der Waals surface area contributed by atoms with Gasteiger partial charge in [-0.25, -0.2) is 9.13 Å². The average Bonchev–Trinajstić information content (AvgIpc) is 1.89. The lowest BCUT2D eigenvalue weighted by Gasteiger charge is -2.21. The molecule has 0 amide bonds. The van der Waals surface area contributed by atoms with Crippen LogP contribution in [0.3, 0.4) is 0 Å². The molecular weight excluding hydrogens is 1270 g/mol. The van der Waals surface area contributed by atoms with E-state index in [1.54, 1.807) is 0 Å². The Labute approximate surface area is 594 Å². The minimum absolute atomic E-state index is 0.106. The first-order chi connectivity index (χ1) is 46.7. The van der Waals surface area contributed by atoms with Crippen LogP contribution < -0.4 is 0 Å². The number of carbonyl (C=O) groups excluding carboxylic acids is 4. The number of ether oxygens (including phenoxy) is 4. The Balaban J connectivity index is 5.21. The summed E-state index contributed by atoms with van der Waals surface area (Å²) in [6.07, 6.45) is 55.6. The minimum Gasteiger partial charge on any atom is -0.462 e. The van der Waals surface area contributed by atoms with E-state index in [0.29, 0.717) is 31.6 Å². The number of phosphoric ester groups is 2. The average molecular weight is 1420 g/mol. The summed E-state index contributed by atoms with van der Waals surface area (Å²) in [6, 6.07) is 0. The topological polar surface area (TPSA) is 237 Å². The normalized spacial score (nSPS) is 14.0. The first-order valence-corrected chi connectivity index (χ1v) is 43.3. The van der Waals surface area contributed by atoms with Gasteiger partial charge in [-0.05, 0) is 43.4 Å². The van der Waals surface area contributed by atoms with Gasteiger partial charge in [-0.3, -0.25) is 37.3 Å². The van der Waals surface area contributed by atoms with Gasteiger partial charge < -0.3 is 33.8 Å². The summed E-state index contributed by atoms with van der Waals surface area (Å²) in [7, 11) is -9.91. The molecular formula is C78H152O17P2. The molecule has 0 aliphatic carbocycles. The van der Waals surface area contributed by atoms with Gasteiger partial charge in [-0.1, -0.05) is 350 Å². The van der Waals surface area contributed by atoms with E-state index in [9.17, 15) is 43.2 Å². The lowest BCUT2D eigenvalue weighted by Crippen LogP contribution is -2.30. The van der Waals surface area contributed by atoms with Crippen molar-refractivity contribution < 1.29 is 80.2 Å².